The van der Waals surface area contributed by atoms with Gasteiger partial charge in [-0.2, -0.15) is 15.4 Å². The number of nitrogens with one attached hydrogen (secondary N) is 1. The Balaban J connectivity index is 2.68. The molecule has 1 heterocycles. The van der Waals surface area contributed by atoms with Gasteiger partial charge in [0.2, 0.25) is 0 Å². The molecule has 2 rings (SSSR count). The SMILES string of the molecule is O=C1C(=O)c2n[nH]nc2C=C1O. The van der Waals surface area contributed by atoms with Crippen LogP contribution in [0.25, 0.3) is 6.08 Å². The first-order valence-corrected chi connectivity index (χ1v) is 3.10. The van der Waals surface area contributed by atoms with Crippen molar-refractivity contribution in [2.45, 2.75) is 0 Å². The number of carbonyl (C=O) groups excluding carboxylic acids is 2. The lowest BCUT2D eigenvalue weighted by Gasteiger charge is -2.01. The highest BCUT2D eigenvalue weighted by atomic mass is 16.3. The molecule has 1 aliphatic rings. The predicted molar refractivity (Wildman–Crippen MR) is 36.3 cm³/mol. The number of aliphatic hydroxyl groups is 1. The van der Waals surface area contributed by atoms with Gasteiger partial charge in [0.1, 0.15) is 5.69 Å². The zero-order valence-corrected chi connectivity index (χ0v) is 5.74. The predicted octanol–water partition coefficient (Wildman–Crippen LogP) is -0.531. The normalized spacial score (nSPS) is 15.8. The zero-order valence-electron chi connectivity index (χ0n) is 5.74. The van der Waals surface area contributed by atoms with Crippen LogP contribution in [0.1, 0.15) is 16.2 Å². The summed E-state index contributed by atoms with van der Waals surface area (Å²) in [5.74, 6) is -2.38. The fraction of sp³-hybridized carbons (Fsp3) is 0. The number of ketones is 2. The van der Waals surface area contributed by atoms with Crippen LogP contribution in [0.5, 0.6) is 0 Å². The number of aromatic nitrogens is 3. The van der Waals surface area contributed by atoms with E-state index in [1.807, 2.05) is 0 Å². The van der Waals surface area contributed by atoms with Crippen LogP contribution in [-0.4, -0.2) is 32.1 Å². The third kappa shape index (κ3) is 0.685. The molecule has 60 valence electrons. The topological polar surface area (TPSA) is 95.9 Å². The molecule has 0 bridgehead atoms. The molecule has 2 N–H and O–H groups in total. The number of fused-ring (bicyclic) bond motifs is 1. The number of aliphatic hydroxyl groups excluding tert-OH is 1. The molecule has 6 heteroatoms. The van der Waals surface area contributed by atoms with E-state index in [0.717, 1.165) is 6.08 Å². The maximum atomic E-state index is 11.0. The van der Waals surface area contributed by atoms with E-state index >= 15 is 0 Å². The molecule has 1 aromatic rings. The largest absolute Gasteiger partial charge is 0.504 e. The lowest BCUT2D eigenvalue weighted by atomic mass is 10.0. The van der Waals surface area contributed by atoms with E-state index in [0.29, 0.717) is 0 Å². The van der Waals surface area contributed by atoms with Gasteiger partial charge in [-0.25, -0.2) is 0 Å². The van der Waals surface area contributed by atoms with Crippen LogP contribution < -0.4 is 0 Å². The summed E-state index contributed by atoms with van der Waals surface area (Å²) in [4.78, 5) is 21.9. The molecule has 0 saturated carbocycles. The van der Waals surface area contributed by atoms with Crippen LogP contribution in [0.15, 0.2) is 5.76 Å². The van der Waals surface area contributed by atoms with Gasteiger partial charge in [0.25, 0.3) is 11.6 Å². The smallest absolute Gasteiger partial charge is 0.269 e. The number of Topliss-reactive ketones (excluding diaryl/α,β-unsaturated/α-hetero) is 2. The zero-order chi connectivity index (χ0) is 8.72. The van der Waals surface area contributed by atoms with Gasteiger partial charge in [-0.3, -0.25) is 9.59 Å². The molecule has 0 radical (unpaired) electrons. The Morgan fingerprint density at radius 3 is 2.75 bits per heavy atom. The van der Waals surface area contributed by atoms with Gasteiger partial charge in [0.15, 0.2) is 11.5 Å². The Labute approximate surface area is 65.9 Å². The first-order valence-electron chi connectivity index (χ1n) is 3.10. The Bertz CT molecular complexity index is 404. The summed E-state index contributed by atoms with van der Waals surface area (Å²) in [5.41, 5.74) is 0.148. The minimum Gasteiger partial charge on any atom is -0.504 e. The second-order valence-electron chi connectivity index (χ2n) is 2.25. The average molecular weight is 165 g/mol. The highest BCUT2D eigenvalue weighted by Crippen LogP contribution is 2.15. The number of carbonyl (C=O) groups is 2. The number of allylic oxidation sites excluding steroid dienone is 1. The first kappa shape index (κ1) is 6.71. The maximum Gasteiger partial charge on any atom is 0.269 e. The summed E-state index contributed by atoms with van der Waals surface area (Å²) in [7, 11) is 0. The van der Waals surface area contributed by atoms with Gasteiger partial charge in [0.05, 0.1) is 0 Å². The van der Waals surface area contributed by atoms with Crippen LogP contribution >= 0.6 is 0 Å². The number of aromatic amines is 1. The highest BCUT2D eigenvalue weighted by Gasteiger charge is 2.30. The molecule has 0 saturated heterocycles. The second-order valence-corrected chi connectivity index (χ2v) is 2.25. The van der Waals surface area contributed by atoms with E-state index in [2.05, 4.69) is 15.4 Å². The molecular weight excluding hydrogens is 162 g/mol. The van der Waals surface area contributed by atoms with Crippen molar-refractivity contribution in [1.82, 2.24) is 15.4 Å². The van der Waals surface area contributed by atoms with E-state index in [1.54, 1.807) is 0 Å². The van der Waals surface area contributed by atoms with Gasteiger partial charge in [0, 0.05) is 6.08 Å². The van der Waals surface area contributed by atoms with Gasteiger partial charge in [-0.15, -0.1) is 0 Å². The van der Waals surface area contributed by atoms with Crippen molar-refractivity contribution in [3.8, 4) is 0 Å². The number of hydrogen-bond donors (Lipinski definition) is 2. The molecule has 0 aromatic carbocycles. The molecule has 12 heavy (non-hydrogen) atoms. The Kier molecular flexibility index (Phi) is 1.12. The Morgan fingerprint density at radius 2 is 2.00 bits per heavy atom. The molecule has 0 atom stereocenters. The second kappa shape index (κ2) is 2.00. The molecule has 1 aliphatic carbocycles. The van der Waals surface area contributed by atoms with Crippen molar-refractivity contribution >= 4 is 17.6 Å². The summed E-state index contributed by atoms with van der Waals surface area (Å²) in [5, 5.41) is 18.1. The van der Waals surface area contributed by atoms with Crippen molar-refractivity contribution in [3.05, 3.63) is 17.1 Å². The number of H-pyrrole nitrogens is 1. The molecule has 0 spiro atoms. The van der Waals surface area contributed by atoms with Crippen molar-refractivity contribution in [3.63, 3.8) is 0 Å². The minimum absolute atomic E-state index is 0.0437. The fourth-order valence-electron chi connectivity index (χ4n) is 0.926. The molecule has 6 nitrogen and oxygen atoms in total. The lowest BCUT2D eigenvalue weighted by molar-refractivity contribution is -0.114. The standard InChI is InChI=1S/C6H3N3O3/c10-3-1-2-4(8-9-7-2)6(12)5(3)11/h1,10H,(H,7,8,9). The quantitative estimate of drug-likeness (QED) is 0.503. The van der Waals surface area contributed by atoms with Crippen LogP contribution in [0.3, 0.4) is 0 Å². The number of nitrogens with zero attached hydrogens (tertiary/aromatic N) is 2. The van der Waals surface area contributed by atoms with Gasteiger partial charge >= 0.3 is 0 Å². The number of hydrogen-bond acceptors (Lipinski definition) is 5. The highest BCUT2D eigenvalue weighted by molar-refractivity contribution is 6.50. The Hall–Kier alpha value is -1.98. The maximum absolute atomic E-state index is 11.0. The van der Waals surface area contributed by atoms with E-state index in [1.165, 1.54) is 0 Å². The third-order valence-corrected chi connectivity index (χ3v) is 1.50. The lowest BCUT2D eigenvalue weighted by Crippen LogP contribution is -2.21. The van der Waals surface area contributed by atoms with Crippen molar-refractivity contribution in [1.29, 1.82) is 0 Å². The molecule has 1 aromatic heterocycles. The molecular formula is C6H3N3O3. The van der Waals surface area contributed by atoms with Gasteiger partial charge < -0.3 is 5.11 Å². The van der Waals surface area contributed by atoms with Crippen LogP contribution in [0.2, 0.25) is 0 Å². The molecule has 0 fully saturated rings. The third-order valence-electron chi connectivity index (χ3n) is 1.50. The van der Waals surface area contributed by atoms with Crippen molar-refractivity contribution in [2.24, 2.45) is 0 Å². The van der Waals surface area contributed by atoms with Crippen molar-refractivity contribution < 1.29 is 14.7 Å². The fourth-order valence-corrected chi connectivity index (χ4v) is 0.926. The Morgan fingerprint density at radius 1 is 1.25 bits per heavy atom. The molecule has 0 aliphatic heterocycles. The molecule has 0 unspecified atom stereocenters. The van der Waals surface area contributed by atoms with E-state index < -0.39 is 17.3 Å². The number of rotatable bonds is 0. The van der Waals surface area contributed by atoms with E-state index in [4.69, 9.17) is 5.11 Å². The van der Waals surface area contributed by atoms with Crippen LogP contribution in [0.4, 0.5) is 0 Å². The monoisotopic (exact) mass is 165 g/mol. The summed E-state index contributed by atoms with van der Waals surface area (Å²) in [6.45, 7) is 0. The summed E-state index contributed by atoms with van der Waals surface area (Å²) in [6, 6.07) is 0. The first-order chi connectivity index (χ1) is 5.70. The summed E-state index contributed by atoms with van der Waals surface area (Å²) in [6.07, 6.45) is 1.10. The summed E-state index contributed by atoms with van der Waals surface area (Å²) >= 11 is 0. The average Bonchev–Trinajstić information content (AvgIpc) is 2.48. The summed E-state index contributed by atoms with van der Waals surface area (Å²) < 4.78 is 0. The van der Waals surface area contributed by atoms with Crippen LogP contribution in [-0.2, 0) is 4.79 Å². The van der Waals surface area contributed by atoms with Crippen molar-refractivity contribution in [2.75, 3.05) is 0 Å². The van der Waals surface area contributed by atoms with E-state index in [9.17, 15) is 9.59 Å². The van der Waals surface area contributed by atoms with E-state index in [-0.39, 0.29) is 11.4 Å². The van der Waals surface area contributed by atoms with Crippen LogP contribution in [0, 0.1) is 0 Å². The minimum atomic E-state index is -0.948. The van der Waals surface area contributed by atoms with Gasteiger partial charge in [-0.05, 0) is 0 Å². The van der Waals surface area contributed by atoms with Gasteiger partial charge in [-0.1, -0.05) is 0 Å². The molecule has 0 amide bonds.